The van der Waals surface area contributed by atoms with Gasteiger partial charge < -0.3 is 69.2 Å². The molecule has 4 aromatic heterocycles. The highest BCUT2D eigenvalue weighted by atomic mass is 35.5. The standard InChI is InChI=1S/C27H23Cl2N3O4.C27H32ClN3O3.C26H22Cl2N2O2.C24H19Cl2N3O2/c1-35-15-24(33)30-19-7-2-16(3-8-19)26-25-21(22-14-18(29)6-11-23(22)31-25)12-13-32(26)27(34)36-20-9-4-17(28)5-10-20;1-2-33-27(32)31-16-12-22-23-18-20(28)8-11-24(23)29-25(22)26(31)19-6-9-21(10-7-19)34-17-5-15-30-13-3-4-14-30;1-32-20-9-4-17(5-10-20)26-25-21(22-15-19(28)8-11-23(22)29-25)12-13-30(26)24(31)14-16-2-6-18(27)7-3-16;25-15-3-8-18(9-4-15)31-24(30)29-12-11-19-20-13-16(26)5-10-21(20)28-22(19)23(29)14-1-6-17(27)7-2-14/h2-11,14,26,31H,12-13,15H2,1H3,(H,30,33);6-11,18,26,29H,2-5,12-17H2,1H3;2-11,15,26,29H,12-14H2,1H3;1-10,13,23,28H,11-12,27H2. The molecule has 7 N–H and O–H groups in total. The maximum absolute atomic E-state index is 13.5. The number of likely N-dealkylation sites (tertiary alicyclic amines) is 1. The number of hydrogen-bond acceptors (Lipinski definition) is 13. The fourth-order valence-electron chi connectivity index (χ4n) is 18.5. The first-order valence-electron chi connectivity index (χ1n) is 44.1. The maximum Gasteiger partial charge on any atom is 0.416 e. The molecule has 15 aromatic rings. The molecule has 0 bridgehead atoms. The summed E-state index contributed by atoms with van der Waals surface area (Å²) in [4.78, 5) is 88.6. The molecule has 5 aliphatic heterocycles. The summed E-state index contributed by atoms with van der Waals surface area (Å²) in [5.41, 5.74) is 24.7. The number of nitrogens with one attached hydrogen (secondary N) is 5. The molecule has 0 spiro atoms. The SMILES string of the molecule is CCOC(=O)N1CCc2c([nH]c3ccc(Cl)cc23)C1c1ccc(OCCCN2CCCC2)cc1.COCC(=O)Nc1ccc(C2c3[nH]c4ccc(Cl)cc4c3CCN2C(=O)Oc2ccc(Cl)cc2)cc1.COc1ccc(C2c3[nH]c4ccc(Cl)cc4c3CCN2C(=O)Cc2ccc(Cl)cc2)cc1.Nc1ccc(C2c3[nH]c4ccc(Cl)cc4c3CCN2C(=O)Oc2ccc(Cl)cc2)cc1. The molecule has 5 amide bonds. The van der Waals surface area contributed by atoms with Gasteiger partial charge in [-0.3, -0.25) is 24.3 Å². The summed E-state index contributed by atoms with van der Waals surface area (Å²) in [5, 5.41) is 11.7. The van der Waals surface area contributed by atoms with Gasteiger partial charge in [0.05, 0.1) is 32.8 Å². The first kappa shape index (κ1) is 92.5. The van der Waals surface area contributed by atoms with Crippen LogP contribution in [0.25, 0.3) is 43.6 Å². The number of H-pyrrole nitrogens is 4. The van der Waals surface area contributed by atoms with Gasteiger partial charge in [0.2, 0.25) is 11.8 Å². The van der Waals surface area contributed by atoms with Crippen molar-refractivity contribution in [2.45, 2.75) is 82.5 Å². The van der Waals surface area contributed by atoms with Gasteiger partial charge >= 0.3 is 18.3 Å². The number of nitrogen functional groups attached to an aromatic ring is 1. The number of nitrogens with two attached hydrogens (primary N) is 1. The quantitative estimate of drug-likeness (QED) is 0.0345. The predicted molar refractivity (Wildman–Crippen MR) is 527 cm³/mol. The van der Waals surface area contributed by atoms with Crippen LogP contribution in [-0.2, 0) is 51.2 Å². The van der Waals surface area contributed by atoms with Gasteiger partial charge in [0.25, 0.3) is 0 Å². The molecule has 4 atom stereocenters. The molecule has 682 valence electrons. The van der Waals surface area contributed by atoms with E-state index in [0.717, 1.165) is 143 Å². The molecule has 1 fully saturated rings. The van der Waals surface area contributed by atoms with Crippen molar-refractivity contribution in [3.8, 4) is 23.0 Å². The third-order valence-corrected chi connectivity index (χ3v) is 26.4. The Morgan fingerprint density at radius 1 is 0.398 bits per heavy atom. The van der Waals surface area contributed by atoms with Crippen LogP contribution in [0.4, 0.5) is 25.8 Å². The number of anilines is 2. The van der Waals surface area contributed by atoms with Crippen LogP contribution < -0.4 is 30.0 Å². The summed E-state index contributed by atoms with van der Waals surface area (Å²) < 4.78 is 33.0. The first-order chi connectivity index (χ1) is 64.6. The van der Waals surface area contributed by atoms with Gasteiger partial charge in [-0.2, -0.15) is 0 Å². The van der Waals surface area contributed by atoms with Crippen molar-refractivity contribution in [2.24, 2.45) is 0 Å². The second-order valence-corrected chi connectivity index (χ2v) is 36.2. The minimum atomic E-state index is -0.470. The van der Waals surface area contributed by atoms with E-state index in [1.165, 1.54) is 44.2 Å². The zero-order valence-corrected chi connectivity index (χ0v) is 78.4. The van der Waals surface area contributed by atoms with Crippen molar-refractivity contribution in [3.63, 3.8) is 0 Å². The van der Waals surface area contributed by atoms with Crippen LogP contribution in [-0.4, -0.2) is 154 Å². The third-order valence-electron chi connectivity index (χ3n) is 24.7. The average Bonchev–Trinajstić information content (AvgIpc) is 1.62. The fourth-order valence-corrected chi connectivity index (χ4v) is 19.5. The Morgan fingerprint density at radius 3 is 1.14 bits per heavy atom. The van der Waals surface area contributed by atoms with Crippen molar-refractivity contribution in [1.29, 1.82) is 0 Å². The number of ether oxygens (including phenoxy) is 6. The van der Waals surface area contributed by atoms with Crippen molar-refractivity contribution >= 4 is 166 Å². The van der Waals surface area contributed by atoms with Gasteiger partial charge in [-0.25, -0.2) is 14.4 Å². The van der Waals surface area contributed by atoms with Gasteiger partial charge in [-0.05, 0) is 297 Å². The Labute approximate surface area is 804 Å². The topological polar surface area (TPSA) is 258 Å². The summed E-state index contributed by atoms with van der Waals surface area (Å²) in [6, 6.07) is 73.9. The van der Waals surface area contributed by atoms with Gasteiger partial charge in [-0.15, -0.1) is 0 Å². The number of aromatic nitrogens is 4. The lowest BCUT2D eigenvalue weighted by Crippen LogP contribution is -2.42. The summed E-state index contributed by atoms with van der Waals surface area (Å²) in [6.07, 6.45) is 5.66. The molecule has 133 heavy (non-hydrogen) atoms. The van der Waals surface area contributed by atoms with E-state index in [-0.39, 0.29) is 42.6 Å². The molecule has 5 aliphatic rings. The zero-order valence-electron chi connectivity index (χ0n) is 73.1. The minimum absolute atomic E-state index is 0.0321. The lowest BCUT2D eigenvalue weighted by atomic mass is 9.91. The minimum Gasteiger partial charge on any atom is -0.497 e. The molecule has 29 heteroatoms. The largest absolute Gasteiger partial charge is 0.497 e. The summed E-state index contributed by atoms with van der Waals surface area (Å²) >= 11 is 43.0. The number of aromatic amines is 4. The molecule has 22 nitrogen and oxygen atoms in total. The molecule has 0 radical (unpaired) electrons. The summed E-state index contributed by atoms with van der Waals surface area (Å²) in [6.45, 7) is 8.58. The highest BCUT2D eigenvalue weighted by Crippen LogP contribution is 2.46. The van der Waals surface area contributed by atoms with Crippen LogP contribution in [0.3, 0.4) is 0 Å². The van der Waals surface area contributed by atoms with Crippen molar-refractivity contribution < 1.29 is 52.4 Å². The monoisotopic (exact) mass is 1920 g/mol. The van der Waals surface area contributed by atoms with Crippen LogP contribution in [0.2, 0.25) is 35.2 Å². The Morgan fingerprint density at radius 2 is 0.744 bits per heavy atom. The number of benzene rings is 11. The first-order valence-corrected chi connectivity index (χ1v) is 46.7. The molecule has 9 heterocycles. The normalized spacial score (nSPS) is 16.1. The Hall–Kier alpha value is -12.3. The summed E-state index contributed by atoms with van der Waals surface area (Å²) in [5.74, 6) is 2.33. The van der Waals surface area contributed by atoms with E-state index in [1.54, 1.807) is 77.6 Å². The van der Waals surface area contributed by atoms with Gasteiger partial charge in [0, 0.05) is 153 Å². The molecule has 1 saturated heterocycles. The lowest BCUT2D eigenvalue weighted by Gasteiger charge is -2.36. The molecule has 0 aliphatic carbocycles. The number of amides is 5. The smallest absolute Gasteiger partial charge is 0.416 e. The number of hydrogen-bond donors (Lipinski definition) is 6. The molecule has 20 rings (SSSR count). The Bertz CT molecular complexity index is 6710. The number of methoxy groups -OCH3 is 2. The molecular formula is C104H96Cl7N11O11. The van der Waals surface area contributed by atoms with Crippen molar-refractivity contribution in [3.05, 3.63) is 351 Å². The molecule has 0 saturated carbocycles. The zero-order chi connectivity index (χ0) is 92.5. The fraction of sp³-hybridized carbons (Fsp3) is 0.240. The van der Waals surface area contributed by atoms with E-state index < -0.39 is 18.2 Å². The van der Waals surface area contributed by atoms with Crippen LogP contribution in [0.15, 0.2) is 243 Å². The number of fused-ring (bicyclic) bond motifs is 12. The highest BCUT2D eigenvalue weighted by Gasteiger charge is 2.41. The number of carbonyl (C=O) groups excluding carboxylic acids is 5. The average molecular weight is 1920 g/mol. The Kier molecular flexibility index (Phi) is 29.1. The number of rotatable bonds is 18. The van der Waals surface area contributed by atoms with Crippen molar-refractivity contribution in [1.82, 2.24) is 44.4 Å². The van der Waals surface area contributed by atoms with E-state index in [1.807, 2.05) is 187 Å². The molecule has 11 aromatic carbocycles. The van der Waals surface area contributed by atoms with Crippen LogP contribution in [0.5, 0.6) is 23.0 Å². The van der Waals surface area contributed by atoms with E-state index in [0.29, 0.717) is 117 Å². The van der Waals surface area contributed by atoms with Gasteiger partial charge in [0.1, 0.15) is 47.7 Å². The maximum atomic E-state index is 13.5. The van der Waals surface area contributed by atoms with E-state index >= 15 is 0 Å². The van der Waals surface area contributed by atoms with Crippen molar-refractivity contribution in [2.75, 3.05) is 90.9 Å². The Balaban J connectivity index is 0.000000124. The van der Waals surface area contributed by atoms with E-state index in [4.69, 9.17) is 115 Å². The number of halogens is 7. The van der Waals surface area contributed by atoms with E-state index in [2.05, 4.69) is 42.3 Å². The third kappa shape index (κ3) is 21.2. The highest BCUT2D eigenvalue weighted by molar-refractivity contribution is 6.33. The van der Waals surface area contributed by atoms with Gasteiger partial charge in [0.15, 0.2) is 0 Å². The lowest BCUT2D eigenvalue weighted by molar-refractivity contribution is -0.132. The van der Waals surface area contributed by atoms with Crippen LogP contribution >= 0.6 is 81.2 Å². The number of carbonyl (C=O) groups is 5. The number of nitrogens with zero attached hydrogens (tertiary/aromatic N) is 5. The van der Waals surface area contributed by atoms with Gasteiger partial charge in [-0.1, -0.05) is 142 Å². The summed E-state index contributed by atoms with van der Waals surface area (Å²) in [7, 11) is 3.12. The second kappa shape index (κ2) is 41.9. The van der Waals surface area contributed by atoms with Crippen LogP contribution in [0.1, 0.15) is 123 Å². The van der Waals surface area contributed by atoms with Crippen LogP contribution in [0, 0.1) is 0 Å². The molecular weight excluding hydrogens is 1830 g/mol. The molecule has 4 unspecified atom stereocenters. The second-order valence-electron chi connectivity index (χ2n) is 33.1. The van der Waals surface area contributed by atoms with E-state index in [9.17, 15) is 24.0 Å². The predicted octanol–water partition coefficient (Wildman–Crippen LogP) is 24.4.